The van der Waals surface area contributed by atoms with Gasteiger partial charge >= 0.3 is 0 Å². The number of nitrogens with zero attached hydrogens (tertiary/aromatic N) is 1. The van der Waals surface area contributed by atoms with Gasteiger partial charge in [-0.1, -0.05) is 23.2 Å². The molecule has 0 saturated carbocycles. The van der Waals surface area contributed by atoms with Crippen molar-refractivity contribution in [2.45, 2.75) is 0 Å². The van der Waals surface area contributed by atoms with E-state index in [1.807, 2.05) is 0 Å². The van der Waals surface area contributed by atoms with Crippen LogP contribution in [0.15, 0.2) is 46.0 Å². The van der Waals surface area contributed by atoms with Crippen LogP contribution in [0.1, 0.15) is 5.56 Å². The number of hydrogen-bond acceptors (Lipinski definition) is 4. The van der Waals surface area contributed by atoms with E-state index in [9.17, 15) is 9.90 Å². The van der Waals surface area contributed by atoms with E-state index in [4.69, 9.17) is 27.9 Å². The lowest BCUT2D eigenvalue weighted by Crippen LogP contribution is -2.24. The van der Waals surface area contributed by atoms with Crippen LogP contribution < -0.4 is 10.2 Å². The number of carbonyl (C=O) groups excluding carboxylic acids is 1. The van der Waals surface area contributed by atoms with Crippen LogP contribution in [0.25, 0.3) is 0 Å². The van der Waals surface area contributed by atoms with Gasteiger partial charge in [0.15, 0.2) is 6.61 Å². The highest BCUT2D eigenvalue weighted by molar-refractivity contribution is 9.10. The van der Waals surface area contributed by atoms with Crippen molar-refractivity contribution in [3.05, 3.63) is 56.5 Å². The Morgan fingerprint density at radius 1 is 1.26 bits per heavy atom. The third kappa shape index (κ3) is 5.42. The summed E-state index contributed by atoms with van der Waals surface area (Å²) in [5.74, 6) is 0.0411. The van der Waals surface area contributed by atoms with E-state index in [-0.39, 0.29) is 12.4 Å². The normalized spacial score (nSPS) is 10.7. The van der Waals surface area contributed by atoms with Gasteiger partial charge in [0.05, 0.1) is 10.7 Å². The molecule has 1 amide bonds. The molecule has 0 spiro atoms. The van der Waals surface area contributed by atoms with E-state index in [1.165, 1.54) is 18.3 Å². The SMILES string of the molecule is O=C(COc1ccc(Cl)cc1Br)N/N=C\c1cc(Cl)ccc1O. The number of hydrazone groups is 1. The molecule has 0 fully saturated rings. The standard InChI is InChI=1S/C15H11BrCl2N2O3/c16-12-6-11(18)2-4-14(12)23-8-15(22)20-19-7-9-5-10(17)1-3-13(9)21/h1-7,21H,8H2,(H,20,22)/b19-7-. The molecule has 0 aromatic heterocycles. The van der Waals surface area contributed by atoms with Crippen molar-refractivity contribution in [3.8, 4) is 11.5 Å². The molecule has 2 rings (SSSR count). The number of benzene rings is 2. The minimum atomic E-state index is -0.454. The van der Waals surface area contributed by atoms with Gasteiger partial charge in [0.25, 0.3) is 5.91 Å². The molecule has 0 aliphatic heterocycles. The van der Waals surface area contributed by atoms with Crippen molar-refractivity contribution >= 4 is 51.3 Å². The first-order chi connectivity index (χ1) is 11.0. The molecule has 120 valence electrons. The van der Waals surface area contributed by atoms with Crippen molar-refractivity contribution < 1.29 is 14.6 Å². The van der Waals surface area contributed by atoms with Crippen LogP contribution in [-0.2, 0) is 4.79 Å². The number of phenolic OH excluding ortho intramolecular Hbond substituents is 1. The molecule has 8 heteroatoms. The van der Waals surface area contributed by atoms with Crippen molar-refractivity contribution in [3.63, 3.8) is 0 Å². The summed E-state index contributed by atoms with van der Waals surface area (Å²) in [5.41, 5.74) is 2.68. The summed E-state index contributed by atoms with van der Waals surface area (Å²) < 4.78 is 5.98. The molecule has 2 aromatic rings. The zero-order valence-corrected chi connectivity index (χ0v) is 14.7. The molecular formula is C15H11BrCl2N2O3. The van der Waals surface area contributed by atoms with Crippen molar-refractivity contribution in [1.82, 2.24) is 5.43 Å². The number of aromatic hydroxyl groups is 1. The third-order valence-corrected chi connectivity index (χ3v) is 3.73. The second-order valence-corrected chi connectivity index (χ2v) is 6.09. The number of amides is 1. The Kier molecular flexibility index (Phi) is 6.27. The summed E-state index contributed by atoms with van der Waals surface area (Å²) in [7, 11) is 0. The predicted octanol–water partition coefficient (Wildman–Crippen LogP) is 3.99. The van der Waals surface area contributed by atoms with Gasteiger partial charge in [-0.2, -0.15) is 5.10 Å². The minimum Gasteiger partial charge on any atom is -0.507 e. The van der Waals surface area contributed by atoms with Crippen LogP contribution in [0.5, 0.6) is 11.5 Å². The monoisotopic (exact) mass is 416 g/mol. The van der Waals surface area contributed by atoms with Gasteiger partial charge < -0.3 is 9.84 Å². The van der Waals surface area contributed by atoms with Crippen LogP contribution in [0.4, 0.5) is 0 Å². The lowest BCUT2D eigenvalue weighted by molar-refractivity contribution is -0.123. The van der Waals surface area contributed by atoms with Gasteiger partial charge in [-0.3, -0.25) is 4.79 Å². The number of halogens is 3. The van der Waals surface area contributed by atoms with Crippen molar-refractivity contribution in [2.24, 2.45) is 5.10 Å². The fourth-order valence-corrected chi connectivity index (χ4v) is 2.55. The van der Waals surface area contributed by atoms with Crippen LogP contribution in [-0.4, -0.2) is 23.8 Å². The molecule has 0 atom stereocenters. The molecule has 23 heavy (non-hydrogen) atoms. The van der Waals surface area contributed by atoms with Crippen molar-refractivity contribution in [1.29, 1.82) is 0 Å². The molecule has 0 bridgehead atoms. The highest BCUT2D eigenvalue weighted by atomic mass is 79.9. The predicted molar refractivity (Wildman–Crippen MR) is 93.5 cm³/mol. The second kappa shape index (κ2) is 8.19. The lowest BCUT2D eigenvalue weighted by atomic mass is 10.2. The van der Waals surface area contributed by atoms with Gasteiger partial charge in [-0.15, -0.1) is 0 Å². The fraction of sp³-hybridized carbons (Fsp3) is 0.0667. The number of nitrogens with one attached hydrogen (secondary N) is 1. The molecule has 0 radical (unpaired) electrons. The first kappa shape index (κ1) is 17.6. The van der Waals surface area contributed by atoms with Gasteiger partial charge in [0.2, 0.25) is 0 Å². The van der Waals surface area contributed by atoms with E-state index < -0.39 is 5.91 Å². The molecular weight excluding hydrogens is 407 g/mol. The summed E-state index contributed by atoms with van der Waals surface area (Å²) in [6.45, 7) is -0.223. The summed E-state index contributed by atoms with van der Waals surface area (Å²) in [5, 5.41) is 14.3. The first-order valence-corrected chi connectivity index (χ1v) is 7.89. The average Bonchev–Trinajstić information content (AvgIpc) is 2.50. The number of hydrogen-bond donors (Lipinski definition) is 2. The summed E-state index contributed by atoms with van der Waals surface area (Å²) >= 11 is 14.9. The number of carbonyl (C=O) groups is 1. The van der Waals surface area contributed by atoms with Crippen molar-refractivity contribution in [2.75, 3.05) is 6.61 Å². The highest BCUT2D eigenvalue weighted by Gasteiger charge is 2.06. The highest BCUT2D eigenvalue weighted by Crippen LogP contribution is 2.27. The third-order valence-electron chi connectivity index (χ3n) is 2.64. The minimum absolute atomic E-state index is 0.00810. The molecule has 0 aliphatic carbocycles. The smallest absolute Gasteiger partial charge is 0.277 e. The Balaban J connectivity index is 1.87. The van der Waals surface area contributed by atoms with Gasteiger partial charge in [-0.25, -0.2) is 5.43 Å². The molecule has 2 N–H and O–H groups in total. The van der Waals surface area contributed by atoms with E-state index in [0.717, 1.165) is 0 Å². The van der Waals surface area contributed by atoms with Crippen LogP contribution in [0.2, 0.25) is 10.0 Å². The Morgan fingerprint density at radius 2 is 1.96 bits per heavy atom. The molecule has 2 aromatic carbocycles. The first-order valence-electron chi connectivity index (χ1n) is 6.34. The molecule has 0 aliphatic rings. The van der Waals surface area contributed by atoms with Gasteiger partial charge in [-0.05, 0) is 52.3 Å². The molecule has 5 nitrogen and oxygen atoms in total. The van der Waals surface area contributed by atoms with Gasteiger partial charge in [0, 0.05) is 15.6 Å². The Labute approximate surface area is 151 Å². The van der Waals surface area contributed by atoms with Crippen LogP contribution in [0.3, 0.4) is 0 Å². The maximum atomic E-state index is 11.7. The fourth-order valence-electron chi connectivity index (χ4n) is 1.57. The summed E-state index contributed by atoms with van der Waals surface area (Å²) in [6, 6.07) is 9.46. The van der Waals surface area contributed by atoms with E-state index in [1.54, 1.807) is 24.3 Å². The average molecular weight is 418 g/mol. The lowest BCUT2D eigenvalue weighted by Gasteiger charge is -2.07. The Hall–Kier alpha value is -1.76. The Bertz CT molecular complexity index is 753. The van der Waals surface area contributed by atoms with E-state index >= 15 is 0 Å². The largest absolute Gasteiger partial charge is 0.507 e. The topological polar surface area (TPSA) is 70.9 Å². The van der Waals surface area contributed by atoms with E-state index in [2.05, 4.69) is 26.5 Å². The maximum absolute atomic E-state index is 11.7. The zero-order valence-electron chi connectivity index (χ0n) is 11.6. The molecule has 0 unspecified atom stereocenters. The number of ether oxygens (including phenoxy) is 1. The molecule has 0 heterocycles. The summed E-state index contributed by atoms with van der Waals surface area (Å²) in [6.07, 6.45) is 1.29. The maximum Gasteiger partial charge on any atom is 0.277 e. The number of rotatable bonds is 5. The Morgan fingerprint density at radius 3 is 2.70 bits per heavy atom. The second-order valence-electron chi connectivity index (χ2n) is 4.36. The van der Waals surface area contributed by atoms with Gasteiger partial charge in [0.1, 0.15) is 11.5 Å². The van der Waals surface area contributed by atoms with Crippen LogP contribution in [0, 0.1) is 0 Å². The summed E-state index contributed by atoms with van der Waals surface area (Å²) in [4.78, 5) is 11.7. The quantitative estimate of drug-likeness (QED) is 0.570. The zero-order chi connectivity index (χ0) is 16.8. The molecule has 0 saturated heterocycles. The van der Waals surface area contributed by atoms with Crippen LogP contribution >= 0.6 is 39.1 Å². The van der Waals surface area contributed by atoms with E-state index in [0.29, 0.717) is 25.8 Å². The number of phenols is 1.